The predicted octanol–water partition coefficient (Wildman–Crippen LogP) is 4.93. The maximum Gasteiger partial charge on any atom is 0.293 e. The molecule has 2 amide bonds. The normalized spacial score (nSPS) is 16.2. The minimum Gasteiger partial charge on any atom is -0.493 e. The van der Waals surface area contributed by atoms with Crippen LogP contribution in [0.2, 0.25) is 5.02 Å². The van der Waals surface area contributed by atoms with Gasteiger partial charge in [-0.2, -0.15) is 0 Å². The Hall–Kier alpha value is -2.14. The van der Waals surface area contributed by atoms with E-state index in [0.717, 1.165) is 17.3 Å². The third-order valence-corrected chi connectivity index (χ3v) is 5.89. The summed E-state index contributed by atoms with van der Waals surface area (Å²) in [6.07, 6.45) is 5.60. The number of thioether (sulfide) groups is 1. The molecule has 1 fully saturated rings. The minimum absolute atomic E-state index is 0.107. The lowest BCUT2D eigenvalue weighted by atomic mass is 10.1. The first-order valence-corrected chi connectivity index (χ1v) is 10.2. The van der Waals surface area contributed by atoms with E-state index >= 15 is 0 Å². The number of amides is 2. The molecule has 0 saturated carbocycles. The van der Waals surface area contributed by atoms with Gasteiger partial charge in [-0.15, -0.1) is 6.42 Å². The summed E-state index contributed by atoms with van der Waals surface area (Å²) >= 11 is 10.3. The largest absolute Gasteiger partial charge is 0.493 e. The lowest BCUT2D eigenvalue weighted by Crippen LogP contribution is -2.32. The van der Waals surface area contributed by atoms with Crippen LogP contribution >= 0.6 is 39.3 Å². The molecule has 0 aliphatic carbocycles. The van der Waals surface area contributed by atoms with Crippen molar-refractivity contribution in [3.63, 3.8) is 0 Å². The molecular weight excluding hydrogens is 466 g/mol. The molecule has 0 radical (unpaired) electrons. The number of hydrogen-bond donors (Lipinski definition) is 0. The van der Waals surface area contributed by atoms with Gasteiger partial charge in [0.1, 0.15) is 6.61 Å². The Bertz CT molecular complexity index is 958. The number of methoxy groups -OCH3 is 1. The Kier molecular flexibility index (Phi) is 6.55. The van der Waals surface area contributed by atoms with Gasteiger partial charge >= 0.3 is 0 Å². The first-order valence-electron chi connectivity index (χ1n) is 8.17. The number of halogens is 2. The van der Waals surface area contributed by atoms with Crippen molar-refractivity contribution >= 4 is 56.1 Å². The third-order valence-electron chi connectivity index (χ3n) is 4.02. The Morgan fingerprint density at radius 1 is 1.29 bits per heavy atom. The van der Waals surface area contributed by atoms with Crippen LogP contribution in [0, 0.1) is 12.3 Å². The van der Waals surface area contributed by atoms with Crippen LogP contribution in [-0.4, -0.2) is 30.1 Å². The fourth-order valence-corrected chi connectivity index (χ4v) is 4.53. The van der Waals surface area contributed by atoms with Crippen LogP contribution in [0.5, 0.6) is 11.5 Å². The summed E-state index contributed by atoms with van der Waals surface area (Å²) in [6, 6.07) is 10.2. The smallest absolute Gasteiger partial charge is 0.293 e. The van der Waals surface area contributed by atoms with Gasteiger partial charge in [0.2, 0.25) is 5.91 Å². The maximum atomic E-state index is 12.8. The van der Waals surface area contributed by atoms with Gasteiger partial charge in [-0.05, 0) is 64.3 Å². The zero-order valence-electron chi connectivity index (χ0n) is 14.8. The Labute approximate surface area is 180 Å². The van der Waals surface area contributed by atoms with Crippen LogP contribution in [0.3, 0.4) is 0 Å². The number of benzene rings is 2. The molecule has 3 rings (SSSR count). The molecule has 2 aromatic carbocycles. The van der Waals surface area contributed by atoms with Crippen LogP contribution in [-0.2, 0) is 11.2 Å². The summed E-state index contributed by atoms with van der Waals surface area (Å²) in [6.45, 7) is 0.107. The van der Waals surface area contributed by atoms with Gasteiger partial charge in [-0.3, -0.25) is 9.59 Å². The molecule has 2 aromatic rings. The van der Waals surface area contributed by atoms with E-state index in [-0.39, 0.29) is 17.8 Å². The van der Waals surface area contributed by atoms with E-state index in [1.165, 1.54) is 12.0 Å². The molecule has 5 nitrogen and oxygen atoms in total. The number of rotatable bonds is 6. The Balaban J connectivity index is 1.81. The van der Waals surface area contributed by atoms with Gasteiger partial charge in [-0.25, -0.2) is 4.90 Å². The number of carbonyl (C=O) groups excluding carboxylic acids is 2. The fourth-order valence-electron chi connectivity index (χ4n) is 2.77. The molecule has 1 heterocycles. The number of nitrogens with zero attached hydrogens (tertiary/aromatic N) is 1. The molecule has 0 N–H and O–H groups in total. The quantitative estimate of drug-likeness (QED) is 0.549. The Morgan fingerprint density at radius 3 is 2.64 bits per heavy atom. The zero-order chi connectivity index (χ0) is 20.3. The average Bonchev–Trinajstić information content (AvgIpc) is 2.94. The number of carbonyl (C=O) groups is 2. The molecular formula is C20H15BrClNO4S. The molecule has 0 unspecified atom stereocenters. The maximum absolute atomic E-state index is 12.8. The van der Waals surface area contributed by atoms with Crippen molar-refractivity contribution in [2.45, 2.75) is 11.7 Å². The van der Waals surface area contributed by atoms with Crippen LogP contribution < -0.4 is 14.4 Å². The van der Waals surface area contributed by atoms with Gasteiger partial charge in [0.15, 0.2) is 11.5 Å². The molecule has 28 heavy (non-hydrogen) atoms. The summed E-state index contributed by atoms with van der Waals surface area (Å²) in [4.78, 5) is 26.4. The SMILES string of the molecule is C#CCOc1c(Br)cc(C[C@@H]2SC(=O)N(c3ccc(Cl)cc3)C2=O)cc1OC. The van der Waals surface area contributed by atoms with Gasteiger partial charge < -0.3 is 9.47 Å². The molecule has 0 bridgehead atoms. The second-order valence-corrected chi connectivity index (χ2v) is 8.27. The highest BCUT2D eigenvalue weighted by Crippen LogP contribution is 2.39. The first kappa shape index (κ1) is 20.6. The Morgan fingerprint density at radius 2 is 2.00 bits per heavy atom. The van der Waals surface area contributed by atoms with Crippen molar-refractivity contribution in [3.8, 4) is 23.8 Å². The summed E-state index contributed by atoms with van der Waals surface area (Å²) in [7, 11) is 1.52. The highest BCUT2D eigenvalue weighted by molar-refractivity contribution is 9.10. The summed E-state index contributed by atoms with van der Waals surface area (Å²) < 4.78 is 11.5. The van der Waals surface area contributed by atoms with Crippen molar-refractivity contribution in [2.24, 2.45) is 0 Å². The first-order chi connectivity index (χ1) is 13.4. The van der Waals surface area contributed by atoms with Crippen molar-refractivity contribution in [1.29, 1.82) is 0 Å². The summed E-state index contributed by atoms with van der Waals surface area (Å²) in [5, 5.41) is -0.300. The highest BCUT2D eigenvalue weighted by atomic mass is 79.9. The van der Waals surface area contributed by atoms with E-state index in [0.29, 0.717) is 33.1 Å². The van der Waals surface area contributed by atoms with E-state index in [2.05, 4.69) is 21.9 Å². The molecule has 1 atom stereocenters. The topological polar surface area (TPSA) is 55.8 Å². The molecule has 0 spiro atoms. The van der Waals surface area contributed by atoms with Crippen molar-refractivity contribution < 1.29 is 19.1 Å². The number of hydrogen-bond acceptors (Lipinski definition) is 5. The summed E-state index contributed by atoms with van der Waals surface area (Å²) in [5.74, 6) is 3.13. The van der Waals surface area contributed by atoms with Gasteiger partial charge in [0.25, 0.3) is 5.24 Å². The highest BCUT2D eigenvalue weighted by Gasteiger charge is 2.40. The zero-order valence-corrected chi connectivity index (χ0v) is 17.9. The minimum atomic E-state index is -0.530. The lowest BCUT2D eigenvalue weighted by molar-refractivity contribution is -0.117. The van der Waals surface area contributed by atoms with Crippen molar-refractivity contribution in [3.05, 3.63) is 51.5 Å². The van der Waals surface area contributed by atoms with Gasteiger partial charge in [-0.1, -0.05) is 29.3 Å². The van der Waals surface area contributed by atoms with Gasteiger partial charge in [0.05, 0.1) is 22.5 Å². The van der Waals surface area contributed by atoms with E-state index in [9.17, 15) is 9.59 Å². The monoisotopic (exact) mass is 479 g/mol. The molecule has 1 aliphatic heterocycles. The van der Waals surface area contributed by atoms with Crippen LogP contribution in [0.15, 0.2) is 40.9 Å². The van der Waals surface area contributed by atoms with Gasteiger partial charge in [0, 0.05) is 5.02 Å². The third kappa shape index (κ3) is 4.30. The van der Waals surface area contributed by atoms with Crippen LogP contribution in [0.1, 0.15) is 5.56 Å². The molecule has 1 saturated heterocycles. The van der Waals surface area contributed by atoms with E-state index in [1.807, 2.05) is 6.07 Å². The van der Waals surface area contributed by atoms with Crippen molar-refractivity contribution in [2.75, 3.05) is 18.6 Å². The number of anilines is 1. The molecule has 0 aromatic heterocycles. The lowest BCUT2D eigenvalue weighted by Gasteiger charge is -2.15. The predicted molar refractivity (Wildman–Crippen MR) is 114 cm³/mol. The number of terminal acetylenes is 1. The van der Waals surface area contributed by atoms with E-state index in [1.54, 1.807) is 30.3 Å². The standard InChI is InChI=1S/C20H15BrClNO4S/c1-3-8-27-18-15(21)9-12(10-16(18)26-2)11-17-19(24)23(20(25)28-17)14-6-4-13(22)5-7-14/h1,4-7,9-10,17H,8,11H2,2H3/t17-/m0/s1. The molecule has 8 heteroatoms. The molecule has 1 aliphatic rings. The fraction of sp³-hybridized carbons (Fsp3) is 0.200. The number of imide groups is 1. The van der Waals surface area contributed by atoms with E-state index in [4.69, 9.17) is 27.5 Å². The molecule has 144 valence electrons. The second-order valence-electron chi connectivity index (χ2n) is 5.83. The van der Waals surface area contributed by atoms with Crippen molar-refractivity contribution in [1.82, 2.24) is 0 Å². The summed E-state index contributed by atoms with van der Waals surface area (Å²) in [5.41, 5.74) is 1.33. The number of ether oxygens (including phenoxy) is 2. The van der Waals surface area contributed by atoms with Crippen LogP contribution in [0.25, 0.3) is 0 Å². The average molecular weight is 481 g/mol. The van der Waals surface area contributed by atoms with E-state index < -0.39 is 5.25 Å². The van der Waals surface area contributed by atoms with Crippen LogP contribution in [0.4, 0.5) is 10.5 Å². The second kappa shape index (κ2) is 8.91.